The van der Waals surface area contributed by atoms with E-state index in [2.05, 4.69) is 99.0 Å². The molecular weight excluding hydrogens is 285 g/mol. The van der Waals surface area contributed by atoms with Crippen molar-refractivity contribution in [3.8, 4) is 0 Å². The van der Waals surface area contributed by atoms with E-state index in [1.807, 2.05) is 0 Å². The van der Waals surface area contributed by atoms with Crippen LogP contribution >= 0.6 is 0 Å². The fraction of sp³-hybridized carbons (Fsp3) is 1.00. The van der Waals surface area contributed by atoms with Crippen LogP contribution in [0.25, 0.3) is 16.0 Å². The summed E-state index contributed by atoms with van der Waals surface area (Å²) in [7, 11) is 0. The topological polar surface area (TPSA) is 42.3 Å². The van der Waals surface area contributed by atoms with Crippen molar-refractivity contribution in [3.63, 3.8) is 0 Å². The van der Waals surface area contributed by atoms with Gasteiger partial charge in [0.05, 0.1) is 0 Å². The molecule has 0 aromatic carbocycles. The Hall–Kier alpha value is 0.412. The Morgan fingerprint density at radius 3 is 0.409 bits per heavy atom. The van der Waals surface area contributed by atoms with Gasteiger partial charge < -0.3 is 16.0 Å². The van der Waals surface area contributed by atoms with E-state index in [-0.39, 0.29) is 17.4 Å². The van der Waals surface area contributed by atoms with Crippen LogP contribution in [0, 0.1) is 0 Å². The molecule has 0 amide bonds. The molecule has 0 aliphatic rings. The standard InChI is InChI=1S/3C6H14N.Al/c3*1-5(2)7-6(3)4;/h3*5-6H,1-4H3;/q3*-1;+3. The Balaban J connectivity index is -0.000000108. The van der Waals surface area contributed by atoms with Gasteiger partial charge in [-0.05, 0) is 0 Å². The van der Waals surface area contributed by atoms with Crippen molar-refractivity contribution in [2.75, 3.05) is 0 Å². The van der Waals surface area contributed by atoms with E-state index in [1.54, 1.807) is 0 Å². The first kappa shape index (κ1) is 30.3. The first-order valence-corrected chi connectivity index (χ1v) is 8.48. The third-order valence-electron chi connectivity index (χ3n) is 1.79. The summed E-state index contributed by atoms with van der Waals surface area (Å²) >= 11 is 0. The number of nitrogens with zero attached hydrogens (tertiary/aromatic N) is 3. The van der Waals surface area contributed by atoms with Gasteiger partial charge in [0.2, 0.25) is 0 Å². The Kier molecular flexibility index (Phi) is 26.8. The second-order valence-corrected chi connectivity index (χ2v) is 7.01. The average molecular weight is 328 g/mol. The van der Waals surface area contributed by atoms with Crippen LogP contribution in [0.15, 0.2) is 0 Å². The minimum atomic E-state index is 0. The zero-order chi connectivity index (χ0) is 17.6. The van der Waals surface area contributed by atoms with Gasteiger partial charge in [-0.15, -0.1) is 36.3 Å². The molecular formula is C18H42AlN3. The maximum atomic E-state index is 4.28. The van der Waals surface area contributed by atoms with Crippen LogP contribution in [0.5, 0.6) is 0 Å². The molecule has 0 saturated carbocycles. The van der Waals surface area contributed by atoms with Crippen LogP contribution in [-0.2, 0) is 0 Å². The predicted molar refractivity (Wildman–Crippen MR) is 107 cm³/mol. The smallest absolute Gasteiger partial charge is 0.658 e. The molecule has 0 saturated heterocycles. The van der Waals surface area contributed by atoms with Gasteiger partial charge >= 0.3 is 17.4 Å². The fourth-order valence-corrected chi connectivity index (χ4v) is 1.79. The first-order chi connectivity index (χ1) is 9.38. The van der Waals surface area contributed by atoms with Gasteiger partial charge in [0.15, 0.2) is 0 Å². The van der Waals surface area contributed by atoms with Gasteiger partial charge in [-0.1, -0.05) is 83.1 Å². The van der Waals surface area contributed by atoms with E-state index in [9.17, 15) is 0 Å². The zero-order valence-corrected chi connectivity index (χ0v) is 18.5. The van der Waals surface area contributed by atoms with Gasteiger partial charge in [0, 0.05) is 0 Å². The van der Waals surface area contributed by atoms with Crippen LogP contribution in [0.3, 0.4) is 0 Å². The number of rotatable bonds is 6. The molecule has 132 valence electrons. The summed E-state index contributed by atoms with van der Waals surface area (Å²) in [6, 6.07) is 3.00. The van der Waals surface area contributed by atoms with Crippen LogP contribution in [0.4, 0.5) is 0 Å². The van der Waals surface area contributed by atoms with Crippen molar-refractivity contribution in [1.29, 1.82) is 0 Å². The SMILES string of the molecule is CC(C)[N-]C(C)C.CC(C)[N-]C(C)C.CC(C)[N-]C(C)C.[Al+3]. The van der Waals surface area contributed by atoms with Gasteiger partial charge in [-0.25, -0.2) is 0 Å². The molecule has 22 heavy (non-hydrogen) atoms. The molecule has 0 fully saturated rings. The molecule has 0 radical (unpaired) electrons. The van der Waals surface area contributed by atoms with Crippen LogP contribution in [0.1, 0.15) is 83.1 Å². The molecule has 0 spiro atoms. The largest absolute Gasteiger partial charge is 3.00 e. The average Bonchev–Trinajstić information content (AvgIpc) is 2.10. The van der Waals surface area contributed by atoms with E-state index in [0.29, 0.717) is 36.3 Å². The molecule has 0 bridgehead atoms. The monoisotopic (exact) mass is 327 g/mol. The molecule has 0 heterocycles. The molecule has 0 aliphatic heterocycles. The summed E-state index contributed by atoms with van der Waals surface area (Å²) in [5, 5.41) is 12.8. The van der Waals surface area contributed by atoms with E-state index < -0.39 is 0 Å². The summed E-state index contributed by atoms with van der Waals surface area (Å²) in [6.45, 7) is 25.2. The quantitative estimate of drug-likeness (QED) is 0.525. The van der Waals surface area contributed by atoms with E-state index >= 15 is 0 Å². The van der Waals surface area contributed by atoms with Crippen molar-refractivity contribution in [1.82, 2.24) is 0 Å². The molecule has 3 nitrogen and oxygen atoms in total. The van der Waals surface area contributed by atoms with E-state index in [1.165, 1.54) is 0 Å². The van der Waals surface area contributed by atoms with Crippen LogP contribution in [0.2, 0.25) is 0 Å². The predicted octanol–water partition coefficient (Wildman–Crippen LogP) is 6.15. The Morgan fingerprint density at radius 2 is 0.409 bits per heavy atom. The normalized spacial score (nSPS) is 10.6. The van der Waals surface area contributed by atoms with Crippen LogP contribution < -0.4 is 0 Å². The summed E-state index contributed by atoms with van der Waals surface area (Å²) in [5.41, 5.74) is 0. The molecule has 0 aromatic rings. The van der Waals surface area contributed by atoms with Gasteiger partial charge in [0.25, 0.3) is 0 Å². The van der Waals surface area contributed by atoms with Crippen molar-refractivity contribution in [2.45, 2.75) is 119 Å². The minimum Gasteiger partial charge on any atom is -0.658 e. The summed E-state index contributed by atoms with van der Waals surface area (Å²) < 4.78 is 0. The van der Waals surface area contributed by atoms with Crippen molar-refractivity contribution in [2.24, 2.45) is 0 Å². The maximum absolute atomic E-state index is 4.28. The van der Waals surface area contributed by atoms with Gasteiger partial charge in [-0.2, -0.15) is 0 Å². The van der Waals surface area contributed by atoms with Gasteiger partial charge in [0.1, 0.15) is 0 Å². The molecule has 0 unspecified atom stereocenters. The Morgan fingerprint density at radius 1 is 0.318 bits per heavy atom. The second-order valence-electron chi connectivity index (χ2n) is 7.01. The van der Waals surface area contributed by atoms with Gasteiger partial charge in [-0.3, -0.25) is 0 Å². The van der Waals surface area contributed by atoms with Crippen molar-refractivity contribution in [3.05, 3.63) is 16.0 Å². The molecule has 0 N–H and O–H groups in total. The molecule has 4 heteroatoms. The molecule has 0 aliphatic carbocycles. The molecule has 0 atom stereocenters. The van der Waals surface area contributed by atoms with Crippen LogP contribution in [-0.4, -0.2) is 53.6 Å². The molecule has 0 aromatic heterocycles. The summed E-state index contributed by atoms with van der Waals surface area (Å²) in [4.78, 5) is 0. The first-order valence-electron chi connectivity index (χ1n) is 8.48. The van der Waals surface area contributed by atoms with E-state index in [4.69, 9.17) is 0 Å². The number of hydrogen-bond donors (Lipinski definition) is 0. The van der Waals surface area contributed by atoms with Crippen molar-refractivity contribution < 1.29 is 0 Å². The Labute approximate surface area is 152 Å². The Bertz CT molecular complexity index is 139. The fourth-order valence-electron chi connectivity index (χ4n) is 1.79. The van der Waals surface area contributed by atoms with Crippen molar-refractivity contribution >= 4 is 17.4 Å². The summed E-state index contributed by atoms with van der Waals surface area (Å²) in [5.74, 6) is 0. The second kappa shape index (κ2) is 19.5. The maximum Gasteiger partial charge on any atom is 3.00 e. The zero-order valence-electron chi connectivity index (χ0n) is 17.4. The minimum absolute atomic E-state index is 0. The third kappa shape index (κ3) is 49.9. The summed E-state index contributed by atoms with van der Waals surface area (Å²) in [6.07, 6.45) is 0. The van der Waals surface area contributed by atoms with E-state index in [0.717, 1.165) is 0 Å². The third-order valence-corrected chi connectivity index (χ3v) is 1.79. The number of hydrogen-bond acceptors (Lipinski definition) is 0. The molecule has 0 rings (SSSR count).